The van der Waals surface area contributed by atoms with Gasteiger partial charge in [-0.1, -0.05) is 32.4 Å². The molecule has 0 aliphatic carbocycles. The number of aliphatic hydroxyl groups excluding tert-OH is 1. The minimum Gasteiger partial charge on any atom is -0.512 e. The van der Waals surface area contributed by atoms with Gasteiger partial charge in [0, 0.05) is 23.9 Å². The predicted molar refractivity (Wildman–Crippen MR) is 103 cm³/mol. The van der Waals surface area contributed by atoms with Crippen LogP contribution in [0.3, 0.4) is 0 Å². The van der Waals surface area contributed by atoms with Crippen LogP contribution in [-0.2, 0) is 19.8 Å². The van der Waals surface area contributed by atoms with Crippen molar-refractivity contribution in [3.63, 3.8) is 0 Å². The van der Waals surface area contributed by atoms with Crippen molar-refractivity contribution in [3.8, 4) is 0 Å². The first-order chi connectivity index (χ1) is 13.5. The molecule has 2 aliphatic rings. The number of carbonyl (C=O) groups excluding carboxylic acids is 1. The van der Waals surface area contributed by atoms with Gasteiger partial charge >= 0.3 is 0 Å². The monoisotopic (exact) mass is 385 g/mol. The zero-order chi connectivity index (χ0) is 20.3. The zero-order valence-corrected chi connectivity index (χ0v) is 16.0. The minimum atomic E-state index is -1.95. The normalized spacial score (nSPS) is 23.4. The topological polar surface area (TPSA) is 101 Å². The largest absolute Gasteiger partial charge is 0.512 e. The first-order valence-corrected chi connectivity index (χ1v) is 9.16. The number of ether oxygens (including phenoxy) is 2. The standard InChI is InChI=1S/C20H23N3O5/c1-4-5-6-10-23-18-15(8-7-9-21-18)20(22-26,19(23)25)16(13(2)24)11-17-14(3)27-12-28-17/h7-9,11,24H,3-6,10,12H2,1-2H3/b16-13-,17-11-. The Balaban J connectivity index is 2.15. The van der Waals surface area contributed by atoms with Gasteiger partial charge in [0.15, 0.2) is 11.5 Å². The zero-order valence-electron chi connectivity index (χ0n) is 16.0. The Kier molecular flexibility index (Phi) is 5.48. The first-order valence-electron chi connectivity index (χ1n) is 9.16. The maximum Gasteiger partial charge on any atom is 0.269 e. The average molecular weight is 385 g/mol. The highest BCUT2D eigenvalue weighted by molar-refractivity contribution is 6.09. The smallest absolute Gasteiger partial charge is 0.269 e. The van der Waals surface area contributed by atoms with Crippen LogP contribution < -0.4 is 4.90 Å². The molecule has 1 fully saturated rings. The van der Waals surface area contributed by atoms with Crippen LogP contribution in [0.2, 0.25) is 0 Å². The molecule has 0 bridgehead atoms. The van der Waals surface area contributed by atoms with E-state index in [1.54, 1.807) is 18.3 Å². The molecule has 2 aliphatic heterocycles. The first kappa shape index (κ1) is 19.6. The molecule has 3 rings (SSSR count). The number of allylic oxidation sites excluding steroid dienone is 1. The molecule has 148 valence electrons. The molecule has 0 aromatic carbocycles. The number of hydrogen-bond acceptors (Lipinski definition) is 7. The van der Waals surface area contributed by atoms with Crippen molar-refractivity contribution in [1.82, 2.24) is 4.98 Å². The third-order valence-electron chi connectivity index (χ3n) is 4.89. The van der Waals surface area contributed by atoms with Crippen LogP contribution >= 0.6 is 0 Å². The van der Waals surface area contributed by atoms with Gasteiger partial charge < -0.3 is 14.6 Å². The van der Waals surface area contributed by atoms with E-state index in [9.17, 15) is 14.8 Å². The Labute approximate surface area is 163 Å². The highest BCUT2D eigenvalue weighted by Crippen LogP contribution is 2.48. The van der Waals surface area contributed by atoms with Gasteiger partial charge in [-0.15, -0.1) is 4.91 Å². The lowest BCUT2D eigenvalue weighted by molar-refractivity contribution is -0.121. The molecule has 1 aromatic rings. The van der Waals surface area contributed by atoms with Crippen LogP contribution in [0.5, 0.6) is 0 Å². The Hall–Kier alpha value is -3.16. The summed E-state index contributed by atoms with van der Waals surface area (Å²) in [5.41, 5.74) is -1.61. The van der Waals surface area contributed by atoms with Crippen molar-refractivity contribution in [2.75, 3.05) is 18.2 Å². The Morgan fingerprint density at radius 1 is 1.46 bits per heavy atom. The van der Waals surface area contributed by atoms with Gasteiger partial charge in [0.25, 0.3) is 5.91 Å². The summed E-state index contributed by atoms with van der Waals surface area (Å²) in [6.07, 6.45) is 5.63. The van der Waals surface area contributed by atoms with Gasteiger partial charge in [0.2, 0.25) is 12.3 Å². The van der Waals surface area contributed by atoms with Crippen LogP contribution in [0.15, 0.2) is 59.0 Å². The van der Waals surface area contributed by atoms with Crippen molar-refractivity contribution in [3.05, 3.63) is 64.3 Å². The van der Waals surface area contributed by atoms with E-state index in [1.807, 2.05) is 0 Å². The molecule has 8 nitrogen and oxygen atoms in total. The molecule has 8 heteroatoms. The van der Waals surface area contributed by atoms with E-state index in [2.05, 4.69) is 23.7 Å². The summed E-state index contributed by atoms with van der Waals surface area (Å²) in [5, 5.41) is 13.6. The fourth-order valence-electron chi connectivity index (χ4n) is 3.47. The van der Waals surface area contributed by atoms with E-state index in [-0.39, 0.29) is 29.6 Å². The lowest BCUT2D eigenvalue weighted by Crippen LogP contribution is -2.41. The lowest BCUT2D eigenvalue weighted by Gasteiger charge is -2.23. The predicted octanol–water partition coefficient (Wildman–Crippen LogP) is 3.81. The van der Waals surface area contributed by atoms with Crippen LogP contribution in [0.4, 0.5) is 5.82 Å². The molecular formula is C20H23N3O5. The third kappa shape index (κ3) is 3.04. The van der Waals surface area contributed by atoms with Crippen LogP contribution in [0, 0.1) is 4.91 Å². The third-order valence-corrected chi connectivity index (χ3v) is 4.89. The summed E-state index contributed by atoms with van der Waals surface area (Å²) in [7, 11) is 0. The number of carbonyl (C=O) groups is 1. The molecule has 0 spiro atoms. The number of rotatable bonds is 7. The van der Waals surface area contributed by atoms with Gasteiger partial charge in [-0.25, -0.2) is 4.98 Å². The van der Waals surface area contributed by atoms with Crippen molar-refractivity contribution in [2.24, 2.45) is 5.18 Å². The summed E-state index contributed by atoms with van der Waals surface area (Å²) in [6, 6.07) is 3.26. The second kappa shape index (κ2) is 7.84. The fourth-order valence-corrected chi connectivity index (χ4v) is 3.47. The van der Waals surface area contributed by atoms with E-state index >= 15 is 0 Å². The molecule has 0 saturated carbocycles. The average Bonchev–Trinajstić information content (AvgIpc) is 3.19. The molecule has 1 atom stereocenters. The van der Waals surface area contributed by atoms with Crippen molar-refractivity contribution in [1.29, 1.82) is 0 Å². The highest BCUT2D eigenvalue weighted by atomic mass is 16.7. The van der Waals surface area contributed by atoms with Crippen molar-refractivity contribution < 1.29 is 19.4 Å². The molecule has 1 saturated heterocycles. The van der Waals surface area contributed by atoms with Crippen LogP contribution in [0.25, 0.3) is 0 Å². The summed E-state index contributed by atoms with van der Waals surface area (Å²) in [6.45, 7) is 7.55. The summed E-state index contributed by atoms with van der Waals surface area (Å²) < 4.78 is 10.5. The Bertz CT molecular complexity index is 872. The van der Waals surface area contributed by atoms with E-state index in [0.717, 1.165) is 19.3 Å². The van der Waals surface area contributed by atoms with Gasteiger partial charge in [0.1, 0.15) is 5.82 Å². The van der Waals surface area contributed by atoms with Crippen molar-refractivity contribution in [2.45, 2.75) is 38.6 Å². The lowest BCUT2D eigenvalue weighted by atomic mass is 9.83. The van der Waals surface area contributed by atoms with Crippen molar-refractivity contribution >= 4 is 11.7 Å². The van der Waals surface area contributed by atoms with Crippen LogP contribution in [0.1, 0.15) is 38.7 Å². The molecule has 3 heterocycles. The molecule has 1 aromatic heterocycles. The number of hydrogen-bond donors (Lipinski definition) is 1. The number of unbranched alkanes of at least 4 members (excludes halogenated alkanes) is 2. The second-order valence-electron chi connectivity index (χ2n) is 6.68. The van der Waals surface area contributed by atoms with Gasteiger partial charge in [-0.05, 0) is 30.7 Å². The van der Waals surface area contributed by atoms with Gasteiger partial charge in [0.05, 0.1) is 5.76 Å². The fraction of sp³-hybridized carbons (Fsp3) is 0.400. The maximum atomic E-state index is 13.4. The maximum absolute atomic E-state index is 13.4. The minimum absolute atomic E-state index is 0.0152. The molecule has 28 heavy (non-hydrogen) atoms. The Morgan fingerprint density at radius 3 is 2.86 bits per heavy atom. The van der Waals surface area contributed by atoms with E-state index in [1.165, 1.54) is 17.9 Å². The number of amides is 1. The summed E-state index contributed by atoms with van der Waals surface area (Å²) in [4.78, 5) is 31.4. The van der Waals surface area contributed by atoms with Crippen LogP contribution in [-0.4, -0.2) is 29.3 Å². The summed E-state index contributed by atoms with van der Waals surface area (Å²) in [5.74, 6) is 0.0827. The Morgan fingerprint density at radius 2 is 2.25 bits per heavy atom. The molecule has 1 amide bonds. The molecule has 0 radical (unpaired) electrons. The number of fused-ring (bicyclic) bond motifs is 1. The second-order valence-corrected chi connectivity index (χ2v) is 6.68. The number of anilines is 1. The highest BCUT2D eigenvalue weighted by Gasteiger charge is 2.56. The quantitative estimate of drug-likeness (QED) is 0.435. The molecule has 1 N–H and O–H groups in total. The number of nitroso groups, excluding NO2 is 1. The number of aromatic nitrogens is 1. The number of nitrogens with zero attached hydrogens (tertiary/aromatic N) is 3. The van der Waals surface area contributed by atoms with E-state index in [0.29, 0.717) is 17.9 Å². The SMILES string of the molecule is C=C1OCO/C1=C\C(=C(/C)O)C1(N=O)C(=O)N(CCCCC)c2ncccc21. The van der Waals surface area contributed by atoms with E-state index < -0.39 is 11.4 Å². The van der Waals surface area contributed by atoms with Gasteiger partial charge in [-0.3, -0.25) is 9.69 Å². The molecular weight excluding hydrogens is 362 g/mol. The van der Waals surface area contributed by atoms with E-state index in [4.69, 9.17) is 9.47 Å². The number of aliphatic hydroxyl groups is 1. The molecule has 1 unspecified atom stereocenters. The summed E-state index contributed by atoms with van der Waals surface area (Å²) >= 11 is 0. The number of pyridine rings is 1. The van der Waals surface area contributed by atoms with Gasteiger partial charge in [-0.2, -0.15) is 0 Å².